The highest BCUT2D eigenvalue weighted by Gasteiger charge is 2.37. The number of halogens is 3. The van der Waals surface area contributed by atoms with Gasteiger partial charge in [0, 0.05) is 24.2 Å². The van der Waals surface area contributed by atoms with Gasteiger partial charge in [0.05, 0.1) is 24.5 Å². The Labute approximate surface area is 191 Å². The van der Waals surface area contributed by atoms with Gasteiger partial charge in [0.1, 0.15) is 5.75 Å². The zero-order valence-electron chi connectivity index (χ0n) is 18.3. The van der Waals surface area contributed by atoms with Crippen molar-refractivity contribution < 1.29 is 27.2 Å². The fourth-order valence-electron chi connectivity index (χ4n) is 4.20. The van der Waals surface area contributed by atoms with Gasteiger partial charge in [-0.2, -0.15) is 18.3 Å². The molecule has 176 valence electrons. The smallest absolute Gasteiger partial charge is 0.433 e. The molecule has 4 heterocycles. The van der Waals surface area contributed by atoms with Crippen LogP contribution in [0.15, 0.2) is 47.0 Å². The van der Waals surface area contributed by atoms with Crippen LogP contribution < -0.4 is 4.74 Å². The highest BCUT2D eigenvalue weighted by molar-refractivity contribution is 5.94. The molecule has 34 heavy (non-hydrogen) atoms. The lowest BCUT2D eigenvalue weighted by Crippen LogP contribution is -2.30. The second kappa shape index (κ2) is 8.15. The van der Waals surface area contributed by atoms with E-state index in [1.807, 2.05) is 0 Å². The summed E-state index contributed by atoms with van der Waals surface area (Å²) in [6.07, 6.45) is -3.32. The van der Waals surface area contributed by atoms with Crippen LogP contribution in [0.3, 0.4) is 0 Å². The molecule has 1 amide bonds. The van der Waals surface area contributed by atoms with E-state index in [1.54, 1.807) is 42.2 Å². The molecule has 1 saturated heterocycles. The highest BCUT2D eigenvalue weighted by atomic mass is 19.4. The van der Waals surface area contributed by atoms with Crippen molar-refractivity contribution in [2.75, 3.05) is 13.7 Å². The Balaban J connectivity index is 1.57. The second-order valence-electron chi connectivity index (χ2n) is 8.08. The van der Waals surface area contributed by atoms with Crippen LogP contribution in [0.5, 0.6) is 5.75 Å². The van der Waals surface area contributed by atoms with E-state index in [0.29, 0.717) is 40.2 Å². The third-order valence-corrected chi connectivity index (χ3v) is 5.79. The zero-order chi connectivity index (χ0) is 24.0. The molecule has 1 aromatic carbocycles. The van der Waals surface area contributed by atoms with Crippen LogP contribution in [0, 0.1) is 6.92 Å². The maximum absolute atomic E-state index is 13.9. The van der Waals surface area contributed by atoms with Crippen LogP contribution in [0.25, 0.3) is 16.9 Å². The van der Waals surface area contributed by atoms with E-state index in [-0.39, 0.29) is 23.1 Å². The van der Waals surface area contributed by atoms with E-state index in [9.17, 15) is 18.0 Å². The predicted octanol–water partition coefficient (Wildman–Crippen LogP) is 4.70. The zero-order valence-corrected chi connectivity index (χ0v) is 18.3. The van der Waals surface area contributed by atoms with Gasteiger partial charge in [0.25, 0.3) is 5.91 Å². The number of nitrogens with zero attached hydrogens (tertiary/aromatic N) is 5. The number of amides is 1. The topological polar surface area (TPSA) is 85.8 Å². The Bertz CT molecular complexity index is 1380. The lowest BCUT2D eigenvalue weighted by molar-refractivity contribution is -0.142. The summed E-state index contributed by atoms with van der Waals surface area (Å²) in [5, 5.41) is 7.87. The SMILES string of the molecule is COc1cccc(-c2cc(C(F)(F)F)n3nc(C(=O)N4CCC[C@H]4c4cc(C)no4)cc3n2)c1. The van der Waals surface area contributed by atoms with E-state index in [0.717, 1.165) is 12.5 Å². The van der Waals surface area contributed by atoms with Gasteiger partial charge in [-0.3, -0.25) is 4.79 Å². The van der Waals surface area contributed by atoms with Gasteiger partial charge in [0.2, 0.25) is 0 Å². The van der Waals surface area contributed by atoms with Crippen molar-refractivity contribution in [3.63, 3.8) is 0 Å². The van der Waals surface area contributed by atoms with Crippen LogP contribution in [0.4, 0.5) is 13.2 Å². The average molecular weight is 471 g/mol. The Morgan fingerprint density at radius 3 is 2.74 bits per heavy atom. The molecule has 1 fully saturated rings. The molecule has 3 aromatic heterocycles. The summed E-state index contributed by atoms with van der Waals surface area (Å²) >= 11 is 0. The molecule has 1 aliphatic heterocycles. The maximum atomic E-state index is 13.9. The van der Waals surface area contributed by atoms with Crippen LogP contribution in [0.1, 0.15) is 46.5 Å². The molecule has 0 N–H and O–H groups in total. The molecular formula is C23H20F3N5O3. The maximum Gasteiger partial charge on any atom is 0.433 e. The van der Waals surface area contributed by atoms with Crippen LogP contribution in [-0.2, 0) is 6.18 Å². The van der Waals surface area contributed by atoms with Crippen molar-refractivity contribution in [2.45, 2.75) is 32.0 Å². The van der Waals surface area contributed by atoms with Crippen molar-refractivity contribution >= 4 is 11.6 Å². The first-order chi connectivity index (χ1) is 16.2. The van der Waals surface area contributed by atoms with Gasteiger partial charge in [-0.15, -0.1) is 0 Å². The monoisotopic (exact) mass is 471 g/mol. The van der Waals surface area contributed by atoms with Gasteiger partial charge < -0.3 is 14.2 Å². The fraction of sp³-hybridized carbons (Fsp3) is 0.304. The summed E-state index contributed by atoms with van der Waals surface area (Å²) in [7, 11) is 1.47. The van der Waals surface area contributed by atoms with Crippen LogP contribution in [0.2, 0.25) is 0 Å². The standard InChI is InChI=1S/C23H20F3N5O3/c1-13-9-19(34-29-13)18-7-4-8-30(18)22(32)17-12-21-27-16(14-5-3-6-15(10-14)33-2)11-20(23(24,25)26)31(21)28-17/h3,5-6,9-12,18H,4,7-8H2,1-2H3/t18-/m0/s1. The van der Waals surface area contributed by atoms with Crippen molar-refractivity contribution in [2.24, 2.45) is 0 Å². The molecule has 1 aliphatic rings. The summed E-state index contributed by atoms with van der Waals surface area (Å²) in [4.78, 5) is 19.2. The molecule has 0 saturated carbocycles. The molecule has 8 nitrogen and oxygen atoms in total. The van der Waals surface area contributed by atoms with Crippen molar-refractivity contribution in [1.29, 1.82) is 0 Å². The van der Waals surface area contributed by atoms with Gasteiger partial charge in [-0.25, -0.2) is 9.50 Å². The first-order valence-corrected chi connectivity index (χ1v) is 10.6. The lowest BCUT2D eigenvalue weighted by atomic mass is 10.1. The van der Waals surface area contributed by atoms with Gasteiger partial charge in [-0.1, -0.05) is 17.3 Å². The number of aryl methyl sites for hydroxylation is 1. The minimum absolute atomic E-state index is 0.0812. The number of carbonyl (C=O) groups is 1. The van der Waals surface area contributed by atoms with E-state index in [4.69, 9.17) is 9.26 Å². The summed E-state index contributed by atoms with van der Waals surface area (Å²) in [6.45, 7) is 2.21. The van der Waals surface area contributed by atoms with Crippen LogP contribution >= 0.6 is 0 Å². The number of likely N-dealkylation sites (tertiary alicyclic amines) is 1. The predicted molar refractivity (Wildman–Crippen MR) is 114 cm³/mol. The second-order valence-corrected chi connectivity index (χ2v) is 8.08. The Kier molecular flexibility index (Phi) is 5.26. The van der Waals surface area contributed by atoms with Crippen molar-refractivity contribution in [3.8, 4) is 17.0 Å². The third kappa shape index (κ3) is 3.87. The number of fused-ring (bicyclic) bond motifs is 1. The normalized spacial score (nSPS) is 16.4. The molecule has 0 spiro atoms. The molecule has 0 radical (unpaired) electrons. The van der Waals surface area contributed by atoms with Crippen LogP contribution in [-0.4, -0.2) is 44.2 Å². The number of rotatable bonds is 4. The summed E-state index contributed by atoms with van der Waals surface area (Å²) in [5.74, 6) is 0.541. The van der Waals surface area contributed by atoms with Crippen molar-refractivity contribution in [3.05, 3.63) is 65.3 Å². The summed E-state index contributed by atoms with van der Waals surface area (Å²) in [6, 6.07) is 10.2. The van der Waals surface area contributed by atoms with E-state index < -0.39 is 17.8 Å². The Morgan fingerprint density at radius 1 is 1.21 bits per heavy atom. The number of methoxy groups -OCH3 is 1. The number of carbonyl (C=O) groups excluding carboxylic acids is 1. The first-order valence-electron chi connectivity index (χ1n) is 10.6. The summed E-state index contributed by atoms with van der Waals surface area (Å²) < 4.78 is 53.0. The third-order valence-electron chi connectivity index (χ3n) is 5.79. The molecule has 4 aromatic rings. The van der Waals surface area contributed by atoms with Gasteiger partial charge >= 0.3 is 6.18 Å². The number of hydrogen-bond donors (Lipinski definition) is 0. The number of aromatic nitrogens is 4. The first kappa shape index (κ1) is 21.9. The van der Waals surface area contributed by atoms with Gasteiger partial charge in [0.15, 0.2) is 22.8 Å². The molecule has 0 bridgehead atoms. The average Bonchev–Trinajstić information content (AvgIpc) is 3.56. The molecule has 11 heteroatoms. The van der Waals surface area contributed by atoms with Gasteiger partial charge in [-0.05, 0) is 38.0 Å². The number of ether oxygens (including phenoxy) is 1. The molecular weight excluding hydrogens is 451 g/mol. The van der Waals surface area contributed by atoms with E-state index in [1.165, 1.54) is 13.2 Å². The largest absolute Gasteiger partial charge is 0.497 e. The number of alkyl halides is 3. The quantitative estimate of drug-likeness (QED) is 0.429. The number of hydrogen-bond acceptors (Lipinski definition) is 6. The Morgan fingerprint density at radius 2 is 2.03 bits per heavy atom. The lowest BCUT2D eigenvalue weighted by Gasteiger charge is -2.21. The summed E-state index contributed by atoms with van der Waals surface area (Å²) in [5.41, 5.74) is -0.00830. The molecule has 1 atom stereocenters. The highest BCUT2D eigenvalue weighted by Crippen LogP contribution is 2.35. The van der Waals surface area contributed by atoms with E-state index in [2.05, 4.69) is 15.2 Å². The molecule has 0 aliphatic carbocycles. The minimum Gasteiger partial charge on any atom is -0.497 e. The van der Waals surface area contributed by atoms with Crippen molar-refractivity contribution in [1.82, 2.24) is 24.7 Å². The number of benzene rings is 1. The molecule has 5 rings (SSSR count). The Hall–Kier alpha value is -3.89. The minimum atomic E-state index is -4.71. The van der Waals surface area contributed by atoms with E-state index >= 15 is 0 Å². The fourth-order valence-corrected chi connectivity index (χ4v) is 4.20. The molecule has 0 unspecified atom stereocenters.